The van der Waals surface area contributed by atoms with Crippen LogP contribution in [0.15, 0.2) is 4.99 Å². The van der Waals surface area contributed by atoms with Crippen molar-refractivity contribution in [1.29, 1.82) is 0 Å². The van der Waals surface area contributed by atoms with Gasteiger partial charge in [0.15, 0.2) is 5.96 Å². The highest BCUT2D eigenvalue weighted by molar-refractivity contribution is 14.0. The van der Waals surface area contributed by atoms with Crippen LogP contribution in [-0.4, -0.2) is 44.2 Å². The zero-order valence-corrected chi connectivity index (χ0v) is 14.0. The van der Waals surface area contributed by atoms with E-state index in [4.69, 9.17) is 10.9 Å². The summed E-state index contributed by atoms with van der Waals surface area (Å²) in [5.74, 6) is 1.15. The summed E-state index contributed by atoms with van der Waals surface area (Å²) in [6.07, 6.45) is 2.20. The van der Waals surface area contributed by atoms with E-state index in [9.17, 15) is 8.42 Å². The Morgan fingerprint density at radius 1 is 1.44 bits per heavy atom. The summed E-state index contributed by atoms with van der Waals surface area (Å²) in [7, 11) is -3.52. The zero-order valence-electron chi connectivity index (χ0n) is 10.9. The molecule has 1 fully saturated rings. The molecule has 6 nitrogen and oxygen atoms in total. The molecule has 4 N–H and O–H groups in total. The first kappa shape index (κ1) is 17.9. The van der Waals surface area contributed by atoms with Crippen molar-refractivity contribution in [3.05, 3.63) is 0 Å². The molecule has 0 radical (unpaired) electrons. The molecule has 8 heteroatoms. The Morgan fingerprint density at radius 2 is 1.94 bits per heavy atom. The molecule has 1 aliphatic rings. The number of primary sulfonamides is 1. The van der Waals surface area contributed by atoms with Gasteiger partial charge in [0, 0.05) is 13.1 Å². The number of likely N-dealkylation sites (tertiary alicyclic amines) is 1. The second kappa shape index (κ2) is 7.49. The van der Waals surface area contributed by atoms with Gasteiger partial charge in [-0.1, -0.05) is 6.92 Å². The van der Waals surface area contributed by atoms with Crippen LogP contribution in [0, 0.1) is 5.92 Å². The minimum absolute atomic E-state index is 0. The summed E-state index contributed by atoms with van der Waals surface area (Å²) >= 11 is 0. The molecule has 0 aromatic heterocycles. The van der Waals surface area contributed by atoms with Crippen LogP contribution < -0.4 is 10.9 Å². The fourth-order valence-corrected chi connectivity index (χ4v) is 1.95. The number of hydrogen-bond acceptors (Lipinski definition) is 3. The highest BCUT2D eigenvalue weighted by Gasteiger charge is 2.18. The number of halogens is 1. The van der Waals surface area contributed by atoms with Gasteiger partial charge in [-0.25, -0.2) is 13.6 Å². The zero-order chi connectivity index (χ0) is 13.1. The number of aliphatic imine (C=N–C) groups is 1. The molecular weight excluding hydrogens is 367 g/mol. The van der Waals surface area contributed by atoms with Crippen LogP contribution in [-0.2, 0) is 10.0 Å². The van der Waals surface area contributed by atoms with E-state index < -0.39 is 15.3 Å². The van der Waals surface area contributed by atoms with Gasteiger partial charge >= 0.3 is 0 Å². The molecule has 0 spiro atoms. The lowest BCUT2D eigenvalue weighted by atomic mass is 10.00. The van der Waals surface area contributed by atoms with E-state index in [1.807, 2.05) is 4.90 Å². The Balaban J connectivity index is 0.00000289. The van der Waals surface area contributed by atoms with Gasteiger partial charge in [0.1, 0.15) is 0 Å². The molecule has 0 aliphatic carbocycles. The van der Waals surface area contributed by atoms with Gasteiger partial charge in [-0.05, 0) is 25.7 Å². The Labute approximate surface area is 126 Å². The Hall–Kier alpha value is -0.0900. The van der Waals surface area contributed by atoms with Gasteiger partial charge in [0.2, 0.25) is 10.0 Å². The molecule has 1 atom stereocenters. The topological polar surface area (TPSA) is 102 Å². The number of nitrogens with two attached hydrogens (primary N) is 2. The van der Waals surface area contributed by atoms with Crippen molar-refractivity contribution in [3.63, 3.8) is 0 Å². The Morgan fingerprint density at radius 3 is 2.39 bits per heavy atom. The first-order valence-corrected chi connectivity index (χ1v) is 7.48. The maximum atomic E-state index is 11.0. The second-order valence-electron chi connectivity index (χ2n) is 4.77. The van der Waals surface area contributed by atoms with Crippen LogP contribution in [0.1, 0.15) is 26.7 Å². The minimum Gasteiger partial charge on any atom is -0.370 e. The summed E-state index contributed by atoms with van der Waals surface area (Å²) in [6.45, 7) is 5.65. The molecular formula is C10H23IN4O2S. The monoisotopic (exact) mass is 390 g/mol. The average Bonchev–Trinajstić information content (AvgIpc) is 2.25. The molecule has 1 rings (SSSR count). The third kappa shape index (κ3) is 5.70. The van der Waals surface area contributed by atoms with E-state index in [0.29, 0.717) is 5.96 Å². The van der Waals surface area contributed by atoms with Crippen LogP contribution in [0.5, 0.6) is 0 Å². The van der Waals surface area contributed by atoms with E-state index in [1.165, 1.54) is 6.92 Å². The fraction of sp³-hybridized carbons (Fsp3) is 0.900. The maximum Gasteiger partial charge on any atom is 0.213 e. The number of piperidine rings is 1. The standard InChI is InChI=1S/C10H22N4O2S.HI/c1-8-3-5-14(6-4-8)10(11)13-7-9(2)17(12,15)16;/h8-9H,3-7H2,1-2H3,(H2,11,13)(H2,12,15,16);1H. The van der Waals surface area contributed by atoms with Crippen molar-refractivity contribution in [1.82, 2.24) is 4.90 Å². The van der Waals surface area contributed by atoms with Crippen molar-refractivity contribution < 1.29 is 8.42 Å². The van der Waals surface area contributed by atoms with Gasteiger partial charge in [0.05, 0.1) is 11.8 Å². The number of nitrogens with zero attached hydrogens (tertiary/aromatic N) is 2. The highest BCUT2D eigenvalue weighted by Crippen LogP contribution is 2.15. The molecule has 0 aromatic rings. The third-order valence-corrected chi connectivity index (χ3v) is 4.45. The molecule has 0 bridgehead atoms. The minimum atomic E-state index is -3.52. The molecule has 1 saturated heterocycles. The average molecular weight is 390 g/mol. The lowest BCUT2D eigenvalue weighted by Gasteiger charge is -2.31. The van der Waals surface area contributed by atoms with Gasteiger partial charge in [-0.3, -0.25) is 4.99 Å². The fourth-order valence-electron chi connectivity index (χ4n) is 1.66. The van der Waals surface area contributed by atoms with Crippen molar-refractivity contribution in [2.45, 2.75) is 31.9 Å². The molecule has 0 aromatic carbocycles. The maximum absolute atomic E-state index is 11.0. The Kier molecular flexibility index (Phi) is 7.45. The van der Waals surface area contributed by atoms with Crippen LogP contribution in [0.25, 0.3) is 0 Å². The van der Waals surface area contributed by atoms with E-state index in [0.717, 1.165) is 31.8 Å². The number of rotatable bonds is 3. The largest absolute Gasteiger partial charge is 0.370 e. The number of sulfonamides is 1. The first-order chi connectivity index (χ1) is 7.80. The van der Waals surface area contributed by atoms with Gasteiger partial charge in [0.25, 0.3) is 0 Å². The predicted octanol–water partition coefficient (Wildman–Crippen LogP) is 0.328. The SMILES string of the molecule is CC1CCN(C(N)=NCC(C)S(N)(=O)=O)CC1.I. The molecule has 1 heterocycles. The van der Waals surface area contributed by atoms with Gasteiger partial charge in [-0.2, -0.15) is 0 Å². The number of guanidine groups is 1. The Bertz CT molecular complexity index is 377. The molecule has 0 saturated carbocycles. The van der Waals surface area contributed by atoms with Gasteiger partial charge in [-0.15, -0.1) is 24.0 Å². The van der Waals surface area contributed by atoms with Crippen LogP contribution >= 0.6 is 24.0 Å². The van der Waals surface area contributed by atoms with E-state index in [1.54, 1.807) is 0 Å². The van der Waals surface area contributed by atoms with Gasteiger partial charge < -0.3 is 10.6 Å². The van der Waals surface area contributed by atoms with Crippen LogP contribution in [0.3, 0.4) is 0 Å². The quantitative estimate of drug-likeness (QED) is 0.412. The lowest BCUT2D eigenvalue weighted by Crippen LogP contribution is -2.43. The smallest absolute Gasteiger partial charge is 0.213 e. The van der Waals surface area contributed by atoms with Crippen LogP contribution in [0.4, 0.5) is 0 Å². The van der Waals surface area contributed by atoms with E-state index in [-0.39, 0.29) is 30.5 Å². The van der Waals surface area contributed by atoms with Crippen LogP contribution in [0.2, 0.25) is 0 Å². The summed E-state index contributed by atoms with van der Waals surface area (Å²) in [5, 5.41) is 4.32. The first-order valence-electron chi connectivity index (χ1n) is 5.87. The van der Waals surface area contributed by atoms with E-state index >= 15 is 0 Å². The molecule has 1 unspecified atom stereocenters. The highest BCUT2D eigenvalue weighted by atomic mass is 127. The lowest BCUT2D eigenvalue weighted by molar-refractivity contribution is 0.277. The van der Waals surface area contributed by atoms with Crippen molar-refractivity contribution in [2.75, 3.05) is 19.6 Å². The van der Waals surface area contributed by atoms with Crippen molar-refractivity contribution in [3.8, 4) is 0 Å². The van der Waals surface area contributed by atoms with E-state index in [2.05, 4.69) is 11.9 Å². The molecule has 108 valence electrons. The van der Waals surface area contributed by atoms with Crippen molar-refractivity contribution in [2.24, 2.45) is 21.8 Å². The summed E-state index contributed by atoms with van der Waals surface area (Å²) in [6, 6.07) is 0. The molecule has 1 aliphatic heterocycles. The van der Waals surface area contributed by atoms with Crippen molar-refractivity contribution >= 4 is 40.0 Å². The predicted molar refractivity (Wildman–Crippen MR) is 84.4 cm³/mol. The third-order valence-electron chi connectivity index (χ3n) is 3.18. The number of hydrogen-bond donors (Lipinski definition) is 2. The summed E-state index contributed by atoms with van der Waals surface area (Å²) in [5.41, 5.74) is 5.83. The normalized spacial score (nSPS) is 20.4. The second-order valence-corrected chi connectivity index (χ2v) is 6.75. The molecule has 18 heavy (non-hydrogen) atoms. The molecule has 0 amide bonds. The summed E-state index contributed by atoms with van der Waals surface area (Å²) in [4.78, 5) is 6.10. The summed E-state index contributed by atoms with van der Waals surface area (Å²) < 4.78 is 22.0.